The van der Waals surface area contributed by atoms with Crippen LogP contribution in [0.4, 0.5) is 0 Å². The van der Waals surface area contributed by atoms with Crippen molar-refractivity contribution >= 4 is 21.3 Å². The number of hydrogen-bond acceptors (Lipinski definition) is 11. The van der Waals surface area contributed by atoms with Gasteiger partial charge in [0.1, 0.15) is 36.8 Å². The van der Waals surface area contributed by atoms with E-state index in [1.165, 1.54) is 19.6 Å². The third-order valence-corrected chi connectivity index (χ3v) is 7.28. The van der Waals surface area contributed by atoms with Crippen molar-refractivity contribution in [3.05, 3.63) is 90.1 Å². The van der Waals surface area contributed by atoms with Crippen LogP contribution in [0.1, 0.15) is 22.9 Å². The summed E-state index contributed by atoms with van der Waals surface area (Å²) in [5, 5.41) is 23.7. The molecular formula is C27H31N5O7S. The monoisotopic (exact) mass is 569 g/mol. The van der Waals surface area contributed by atoms with E-state index in [9.17, 15) is 18.6 Å². The van der Waals surface area contributed by atoms with Gasteiger partial charge in [-0.1, -0.05) is 60.7 Å². The highest BCUT2D eigenvalue weighted by Crippen LogP contribution is 2.31. The molecule has 1 fully saturated rings. The van der Waals surface area contributed by atoms with Gasteiger partial charge in [0.15, 0.2) is 17.7 Å². The van der Waals surface area contributed by atoms with E-state index in [0.717, 1.165) is 17.4 Å². The molecule has 40 heavy (non-hydrogen) atoms. The van der Waals surface area contributed by atoms with E-state index in [0.29, 0.717) is 17.7 Å². The first kappa shape index (κ1) is 28.1. The summed E-state index contributed by atoms with van der Waals surface area (Å²) >= 11 is 0. The number of aromatic nitrogens is 4. The molecule has 2 aromatic heterocycles. The van der Waals surface area contributed by atoms with Gasteiger partial charge in [0.2, 0.25) is 0 Å². The predicted octanol–water partition coefficient (Wildman–Crippen LogP) is 1.17. The molecule has 1 saturated heterocycles. The van der Waals surface area contributed by atoms with Crippen LogP contribution in [0.2, 0.25) is 0 Å². The number of fused-ring (bicyclic) bond motifs is 1. The van der Waals surface area contributed by atoms with E-state index < -0.39 is 34.7 Å². The molecule has 5 rings (SSSR count). The largest absolute Gasteiger partial charge is 0.387 e. The first-order valence-corrected chi connectivity index (χ1v) is 14.5. The summed E-state index contributed by atoms with van der Waals surface area (Å²) in [6.07, 6.45) is -0.276. The Labute approximate surface area is 231 Å². The summed E-state index contributed by atoms with van der Waals surface area (Å²) in [5.41, 5.74) is 2.84. The number of aliphatic hydroxyl groups is 2. The van der Waals surface area contributed by atoms with E-state index in [1.54, 1.807) is 9.69 Å². The van der Waals surface area contributed by atoms with Gasteiger partial charge in [0, 0.05) is 19.6 Å². The highest BCUT2D eigenvalue weighted by Gasteiger charge is 2.46. The zero-order chi connectivity index (χ0) is 28.3. The fourth-order valence-electron chi connectivity index (χ4n) is 4.80. The minimum atomic E-state index is -3.71. The van der Waals surface area contributed by atoms with Crippen molar-refractivity contribution in [2.24, 2.45) is 0 Å². The van der Waals surface area contributed by atoms with Crippen molar-refractivity contribution in [2.45, 2.75) is 37.1 Å². The Hall–Kier alpha value is -3.46. The van der Waals surface area contributed by atoms with Crippen molar-refractivity contribution in [1.82, 2.24) is 19.6 Å². The van der Waals surface area contributed by atoms with Gasteiger partial charge in [-0.15, -0.1) is 0 Å². The molecule has 212 valence electrons. The van der Waals surface area contributed by atoms with Gasteiger partial charge in [0.05, 0.1) is 19.1 Å². The van der Waals surface area contributed by atoms with Gasteiger partial charge >= 0.3 is 0 Å². The van der Waals surface area contributed by atoms with Crippen LogP contribution in [0.15, 0.2) is 73.2 Å². The Kier molecular flexibility index (Phi) is 8.40. The molecule has 12 nitrogen and oxygen atoms in total. The summed E-state index contributed by atoms with van der Waals surface area (Å²) in [5.74, 6) is -0.0448. The van der Waals surface area contributed by atoms with Crippen molar-refractivity contribution in [2.75, 3.05) is 31.5 Å². The minimum Gasteiger partial charge on any atom is -0.387 e. The summed E-state index contributed by atoms with van der Waals surface area (Å²) in [7, 11) is -2.21. The van der Waals surface area contributed by atoms with Crippen molar-refractivity contribution in [1.29, 1.82) is 0 Å². The summed E-state index contributed by atoms with van der Waals surface area (Å²) in [6, 6.07) is 19.8. The lowest BCUT2D eigenvalue weighted by Gasteiger charge is -2.36. The molecular weight excluding hydrogens is 538 g/mol. The number of ether oxygens (including phenoxy) is 2. The lowest BCUT2D eigenvalue weighted by atomic mass is 9.91. The van der Waals surface area contributed by atoms with Crippen LogP contribution >= 0.6 is 0 Å². The van der Waals surface area contributed by atoms with E-state index >= 15 is 0 Å². The average Bonchev–Trinajstić information content (AvgIpc) is 3.49. The van der Waals surface area contributed by atoms with Crippen molar-refractivity contribution < 1.29 is 32.3 Å². The molecule has 0 amide bonds. The Morgan fingerprint density at radius 1 is 1.02 bits per heavy atom. The van der Waals surface area contributed by atoms with Crippen LogP contribution in [-0.2, 0) is 30.4 Å². The van der Waals surface area contributed by atoms with E-state index in [-0.39, 0.29) is 25.0 Å². The number of methoxy groups -OCH3 is 1. The lowest BCUT2D eigenvalue weighted by molar-refractivity contribution is -0.0391. The summed E-state index contributed by atoms with van der Waals surface area (Å²) in [6.45, 7) is 0.0315. The number of nitrogens with zero attached hydrogens (tertiary/aromatic N) is 5. The Morgan fingerprint density at radius 2 is 1.68 bits per heavy atom. The normalized spacial score (nSPS) is 21.3. The standard InChI is InChI=1S/C27H31N5O7S/c1-37-15-22-24(33)25(34)27(39-22)31(14-20(18-9-5-3-6-10-18)19-11-7-4-8-12-19)32-17-29-21-13-28-23(30-26(21)32)16-38-40(2,35)36/h3-13,17,20,22,24-25,27,33-34H,14-16H2,1-2H3/t22-,24-,25+,27-/m1/s1. The molecule has 0 unspecified atom stereocenters. The van der Waals surface area contributed by atoms with Crippen molar-refractivity contribution in [3.8, 4) is 0 Å². The summed E-state index contributed by atoms with van der Waals surface area (Å²) in [4.78, 5) is 13.1. The van der Waals surface area contributed by atoms with Gasteiger partial charge in [-0.05, 0) is 11.1 Å². The smallest absolute Gasteiger partial charge is 0.264 e. The zero-order valence-electron chi connectivity index (χ0n) is 22.0. The third kappa shape index (κ3) is 6.14. The number of benzene rings is 2. The maximum Gasteiger partial charge on any atom is 0.264 e. The molecule has 0 spiro atoms. The minimum absolute atomic E-state index is 0.0865. The van der Waals surface area contributed by atoms with E-state index in [4.69, 9.17) is 13.7 Å². The van der Waals surface area contributed by atoms with Crippen LogP contribution in [0.3, 0.4) is 0 Å². The number of hydrogen-bond donors (Lipinski definition) is 2. The van der Waals surface area contributed by atoms with E-state index in [1.807, 2.05) is 60.7 Å². The number of rotatable bonds is 11. The Balaban J connectivity index is 1.59. The molecule has 0 radical (unpaired) electrons. The highest BCUT2D eigenvalue weighted by atomic mass is 32.2. The van der Waals surface area contributed by atoms with Gasteiger partial charge in [-0.25, -0.2) is 19.6 Å². The van der Waals surface area contributed by atoms with E-state index in [2.05, 4.69) is 15.0 Å². The van der Waals surface area contributed by atoms with Crippen LogP contribution in [0, 0.1) is 0 Å². The van der Waals surface area contributed by atoms with Crippen LogP contribution in [0.5, 0.6) is 0 Å². The average molecular weight is 570 g/mol. The molecule has 1 aliphatic rings. The first-order chi connectivity index (χ1) is 19.2. The number of imidazole rings is 1. The first-order valence-electron chi connectivity index (χ1n) is 12.7. The molecule has 0 saturated carbocycles. The van der Waals surface area contributed by atoms with Gasteiger partial charge in [-0.3, -0.25) is 9.19 Å². The third-order valence-electron chi connectivity index (χ3n) is 6.74. The maximum atomic E-state index is 11.5. The molecule has 0 bridgehead atoms. The molecule has 4 aromatic rings. The fourth-order valence-corrected chi connectivity index (χ4v) is 5.12. The molecule has 0 aliphatic carbocycles. The van der Waals surface area contributed by atoms with Gasteiger partial charge < -0.3 is 19.7 Å². The Morgan fingerprint density at radius 3 is 2.27 bits per heavy atom. The molecule has 2 aromatic carbocycles. The van der Waals surface area contributed by atoms with Crippen LogP contribution < -0.4 is 5.01 Å². The fraction of sp³-hybridized carbons (Fsp3) is 0.370. The molecule has 3 heterocycles. The zero-order valence-corrected chi connectivity index (χ0v) is 22.8. The molecule has 2 N–H and O–H groups in total. The highest BCUT2D eigenvalue weighted by molar-refractivity contribution is 7.85. The van der Waals surface area contributed by atoms with Crippen molar-refractivity contribution in [3.63, 3.8) is 0 Å². The quantitative estimate of drug-likeness (QED) is 0.251. The topological polar surface area (TPSA) is 149 Å². The summed E-state index contributed by atoms with van der Waals surface area (Å²) < 4.78 is 40.9. The predicted molar refractivity (Wildman–Crippen MR) is 145 cm³/mol. The van der Waals surface area contributed by atoms with Crippen LogP contribution in [0.25, 0.3) is 11.2 Å². The van der Waals surface area contributed by atoms with Gasteiger partial charge in [-0.2, -0.15) is 8.42 Å². The van der Waals surface area contributed by atoms with Gasteiger partial charge in [0.25, 0.3) is 10.1 Å². The molecule has 1 aliphatic heterocycles. The second-order valence-electron chi connectivity index (χ2n) is 9.55. The Bertz CT molecular complexity index is 1480. The molecule has 4 atom stereocenters. The molecule has 13 heteroatoms. The second-order valence-corrected chi connectivity index (χ2v) is 11.2. The SMILES string of the molecule is COC[C@H]1O[C@@H](N(CC(c2ccccc2)c2ccccc2)n2cnc3cnc(COS(C)(=O)=O)nc32)[C@@H](O)[C@@H]1O. The van der Waals surface area contributed by atoms with Crippen LogP contribution in [-0.4, -0.2) is 89.3 Å². The number of aliphatic hydroxyl groups excluding tert-OH is 2. The lowest BCUT2D eigenvalue weighted by Crippen LogP contribution is -2.51. The maximum absolute atomic E-state index is 11.5. The second kappa shape index (κ2) is 12.0.